The van der Waals surface area contributed by atoms with E-state index in [-0.39, 0.29) is 5.60 Å². The Morgan fingerprint density at radius 1 is 1.22 bits per heavy atom. The van der Waals surface area contributed by atoms with Gasteiger partial charge >= 0.3 is 0 Å². The largest absolute Gasteiger partial charge is 0.377 e. The van der Waals surface area contributed by atoms with E-state index in [9.17, 15) is 0 Å². The number of hydrogen-bond donors (Lipinski definition) is 1. The normalized spacial score (nSPS) is 35.2. The maximum absolute atomic E-state index is 6.08. The molecule has 0 aliphatic heterocycles. The van der Waals surface area contributed by atoms with Crippen LogP contribution >= 0.6 is 0 Å². The molecule has 1 unspecified atom stereocenters. The van der Waals surface area contributed by atoms with Gasteiger partial charge in [0, 0.05) is 13.2 Å². The summed E-state index contributed by atoms with van der Waals surface area (Å²) in [6.07, 6.45) is 10.6. The van der Waals surface area contributed by atoms with Gasteiger partial charge in [-0.1, -0.05) is 20.3 Å². The van der Waals surface area contributed by atoms with Gasteiger partial charge in [0.25, 0.3) is 0 Å². The summed E-state index contributed by atoms with van der Waals surface area (Å²) >= 11 is 0. The predicted octanol–water partition coefficient (Wildman–Crippen LogP) is 3.75. The summed E-state index contributed by atoms with van der Waals surface area (Å²) in [5.74, 6) is 1.76. The molecule has 2 rings (SSSR count). The van der Waals surface area contributed by atoms with E-state index in [4.69, 9.17) is 4.74 Å². The second-order valence-corrected chi connectivity index (χ2v) is 6.57. The summed E-state index contributed by atoms with van der Waals surface area (Å²) in [5, 5.41) is 3.82. The number of nitrogens with one attached hydrogen (secondary N) is 1. The van der Waals surface area contributed by atoms with Gasteiger partial charge in [-0.3, -0.25) is 0 Å². The van der Waals surface area contributed by atoms with Crippen LogP contribution in [0.4, 0.5) is 0 Å². The molecule has 2 nitrogen and oxygen atoms in total. The summed E-state index contributed by atoms with van der Waals surface area (Å²) in [6, 6.07) is 0.601. The van der Waals surface area contributed by atoms with Crippen LogP contribution in [0.25, 0.3) is 0 Å². The van der Waals surface area contributed by atoms with Crippen LogP contribution in [0.2, 0.25) is 0 Å². The SMILES string of the molecule is CCCNC(C1CCC1)C1(OC)CCC(C)CC1. The number of ether oxygens (including phenoxy) is 1. The van der Waals surface area contributed by atoms with E-state index >= 15 is 0 Å². The van der Waals surface area contributed by atoms with Crippen LogP contribution < -0.4 is 5.32 Å². The topological polar surface area (TPSA) is 21.3 Å². The van der Waals surface area contributed by atoms with Crippen molar-refractivity contribution in [3.05, 3.63) is 0 Å². The highest BCUT2D eigenvalue weighted by Crippen LogP contribution is 2.43. The zero-order valence-electron chi connectivity index (χ0n) is 12.5. The quantitative estimate of drug-likeness (QED) is 0.778. The first-order valence-corrected chi connectivity index (χ1v) is 8.00. The molecule has 0 radical (unpaired) electrons. The van der Waals surface area contributed by atoms with Gasteiger partial charge in [-0.25, -0.2) is 0 Å². The molecule has 18 heavy (non-hydrogen) atoms. The lowest BCUT2D eigenvalue weighted by Crippen LogP contribution is -2.58. The predicted molar refractivity (Wildman–Crippen MR) is 76.8 cm³/mol. The number of rotatable bonds is 6. The van der Waals surface area contributed by atoms with Crippen LogP contribution in [0.3, 0.4) is 0 Å². The van der Waals surface area contributed by atoms with E-state index in [2.05, 4.69) is 19.2 Å². The molecule has 1 atom stereocenters. The van der Waals surface area contributed by atoms with Crippen LogP contribution in [0.15, 0.2) is 0 Å². The molecular weight excluding hydrogens is 222 g/mol. The van der Waals surface area contributed by atoms with E-state index in [1.165, 1.54) is 51.4 Å². The Morgan fingerprint density at radius 3 is 2.33 bits per heavy atom. The van der Waals surface area contributed by atoms with Crippen molar-refractivity contribution in [1.29, 1.82) is 0 Å². The minimum absolute atomic E-state index is 0.132. The molecule has 1 N–H and O–H groups in total. The first kappa shape index (κ1) is 14.3. The maximum Gasteiger partial charge on any atom is 0.0833 e. The van der Waals surface area contributed by atoms with Gasteiger partial charge in [-0.2, -0.15) is 0 Å². The average molecular weight is 253 g/mol. The van der Waals surface area contributed by atoms with Crippen molar-refractivity contribution >= 4 is 0 Å². The van der Waals surface area contributed by atoms with Crippen LogP contribution in [0.5, 0.6) is 0 Å². The fourth-order valence-electron chi connectivity index (χ4n) is 3.75. The lowest BCUT2D eigenvalue weighted by atomic mass is 9.66. The van der Waals surface area contributed by atoms with Crippen molar-refractivity contribution in [2.24, 2.45) is 11.8 Å². The zero-order valence-corrected chi connectivity index (χ0v) is 12.5. The lowest BCUT2D eigenvalue weighted by Gasteiger charge is -2.49. The highest BCUT2D eigenvalue weighted by atomic mass is 16.5. The maximum atomic E-state index is 6.08. The highest BCUT2D eigenvalue weighted by molar-refractivity contribution is 5.01. The fourth-order valence-corrected chi connectivity index (χ4v) is 3.75. The Morgan fingerprint density at radius 2 is 1.89 bits per heavy atom. The molecule has 2 saturated carbocycles. The molecule has 2 fully saturated rings. The molecular formula is C16H31NO. The third-order valence-electron chi connectivity index (χ3n) is 5.33. The minimum Gasteiger partial charge on any atom is -0.377 e. The summed E-state index contributed by atoms with van der Waals surface area (Å²) in [6.45, 7) is 5.78. The van der Waals surface area contributed by atoms with Crippen molar-refractivity contribution in [3.63, 3.8) is 0 Å². The fraction of sp³-hybridized carbons (Fsp3) is 1.00. The van der Waals surface area contributed by atoms with Crippen molar-refractivity contribution in [3.8, 4) is 0 Å². The van der Waals surface area contributed by atoms with Crippen molar-refractivity contribution < 1.29 is 4.74 Å². The van der Waals surface area contributed by atoms with Gasteiger partial charge in [-0.15, -0.1) is 0 Å². The number of hydrogen-bond acceptors (Lipinski definition) is 2. The summed E-state index contributed by atoms with van der Waals surface area (Å²) in [7, 11) is 1.94. The summed E-state index contributed by atoms with van der Waals surface area (Å²) < 4.78 is 6.08. The molecule has 0 spiro atoms. The second kappa shape index (κ2) is 6.38. The standard InChI is InChI=1S/C16H31NO/c1-4-12-17-15(14-6-5-7-14)16(18-3)10-8-13(2)9-11-16/h13-15,17H,4-12H2,1-3H3. The van der Waals surface area contributed by atoms with Crippen LogP contribution in [-0.4, -0.2) is 25.3 Å². The lowest BCUT2D eigenvalue weighted by molar-refractivity contribution is -0.0964. The van der Waals surface area contributed by atoms with E-state index in [0.717, 1.165) is 18.4 Å². The summed E-state index contributed by atoms with van der Waals surface area (Å²) in [4.78, 5) is 0. The third-order valence-corrected chi connectivity index (χ3v) is 5.33. The highest BCUT2D eigenvalue weighted by Gasteiger charge is 2.45. The van der Waals surface area contributed by atoms with E-state index < -0.39 is 0 Å². The Hall–Kier alpha value is -0.0800. The van der Waals surface area contributed by atoms with Gasteiger partial charge in [0.15, 0.2) is 0 Å². The van der Waals surface area contributed by atoms with E-state index in [0.29, 0.717) is 6.04 Å². The average Bonchev–Trinajstić information content (AvgIpc) is 2.34. The Balaban J connectivity index is 2.04. The van der Waals surface area contributed by atoms with Crippen molar-refractivity contribution in [2.45, 2.75) is 76.9 Å². The van der Waals surface area contributed by atoms with Crippen LogP contribution in [-0.2, 0) is 4.74 Å². The number of methoxy groups -OCH3 is 1. The molecule has 2 aliphatic rings. The molecule has 2 aliphatic carbocycles. The smallest absolute Gasteiger partial charge is 0.0833 e. The van der Waals surface area contributed by atoms with Gasteiger partial charge in [0.05, 0.1) is 5.60 Å². The van der Waals surface area contributed by atoms with Crippen molar-refractivity contribution in [1.82, 2.24) is 5.32 Å². The molecule has 0 aromatic heterocycles. The molecule has 2 heteroatoms. The summed E-state index contributed by atoms with van der Waals surface area (Å²) in [5.41, 5.74) is 0.132. The monoisotopic (exact) mass is 253 g/mol. The zero-order chi connectivity index (χ0) is 13.0. The first-order valence-electron chi connectivity index (χ1n) is 8.00. The minimum atomic E-state index is 0.132. The van der Waals surface area contributed by atoms with Crippen molar-refractivity contribution in [2.75, 3.05) is 13.7 Å². The second-order valence-electron chi connectivity index (χ2n) is 6.57. The first-order chi connectivity index (χ1) is 8.72. The van der Waals surface area contributed by atoms with Gasteiger partial charge < -0.3 is 10.1 Å². The van der Waals surface area contributed by atoms with E-state index in [1.54, 1.807) is 0 Å². The van der Waals surface area contributed by atoms with Gasteiger partial charge in [0.1, 0.15) is 0 Å². The van der Waals surface area contributed by atoms with Crippen LogP contribution in [0, 0.1) is 11.8 Å². The molecule has 0 aromatic carbocycles. The molecule has 0 saturated heterocycles. The molecule has 106 valence electrons. The Labute approximate surface area is 113 Å². The Bertz CT molecular complexity index is 241. The van der Waals surface area contributed by atoms with Gasteiger partial charge in [-0.05, 0) is 63.3 Å². The Kier molecular flexibility index (Phi) is 5.08. The molecule has 0 aromatic rings. The molecule has 0 amide bonds. The van der Waals surface area contributed by atoms with E-state index in [1.807, 2.05) is 7.11 Å². The van der Waals surface area contributed by atoms with Gasteiger partial charge in [0.2, 0.25) is 0 Å². The molecule has 0 bridgehead atoms. The van der Waals surface area contributed by atoms with Crippen LogP contribution in [0.1, 0.15) is 65.2 Å². The third kappa shape index (κ3) is 2.91. The molecule has 0 heterocycles.